The van der Waals surface area contributed by atoms with Crippen LogP contribution in [-0.4, -0.2) is 23.3 Å². The second kappa shape index (κ2) is 9.01. The summed E-state index contributed by atoms with van der Waals surface area (Å²) in [6.45, 7) is 6.63. The molecular weight excluding hydrogens is 382 g/mol. The first-order valence-electron chi connectivity index (χ1n) is 9.48. The Morgan fingerprint density at radius 2 is 1.66 bits per heavy atom. The van der Waals surface area contributed by atoms with E-state index in [1.807, 2.05) is 47.8 Å². The third-order valence-electron chi connectivity index (χ3n) is 4.46. The number of rotatable bonds is 6. The summed E-state index contributed by atoms with van der Waals surface area (Å²) >= 11 is 1.54. The summed E-state index contributed by atoms with van der Waals surface area (Å²) in [5.74, 6) is -0.514. The Balaban J connectivity index is 1.46. The zero-order valence-electron chi connectivity index (χ0n) is 16.9. The molecule has 0 radical (unpaired) electrons. The molecule has 0 saturated carbocycles. The number of carbonyl (C=O) groups is 2. The Morgan fingerprint density at radius 3 is 2.31 bits per heavy atom. The summed E-state index contributed by atoms with van der Waals surface area (Å²) in [6, 6.07) is 17.4. The first kappa shape index (κ1) is 20.7. The maximum Gasteiger partial charge on any atom is 0.251 e. The Morgan fingerprint density at radius 1 is 0.966 bits per heavy atom. The number of aromatic nitrogens is 1. The second-order valence-electron chi connectivity index (χ2n) is 7.80. The monoisotopic (exact) mass is 407 g/mol. The lowest BCUT2D eigenvalue weighted by molar-refractivity contribution is -0.120. The van der Waals surface area contributed by atoms with Crippen molar-refractivity contribution in [1.82, 2.24) is 15.6 Å². The SMILES string of the molecule is CC(C)(C)c1ccc(C(=O)NCC(=O)NCc2csc(-c3ccccc3)n2)cc1. The van der Waals surface area contributed by atoms with Gasteiger partial charge in [0.25, 0.3) is 5.91 Å². The van der Waals surface area contributed by atoms with E-state index < -0.39 is 0 Å². The molecule has 0 aliphatic heterocycles. The zero-order chi connectivity index (χ0) is 20.9. The molecule has 1 aromatic heterocycles. The molecule has 2 aromatic carbocycles. The quantitative estimate of drug-likeness (QED) is 0.645. The number of hydrogen-bond acceptors (Lipinski definition) is 4. The number of benzene rings is 2. The van der Waals surface area contributed by atoms with Crippen molar-refractivity contribution >= 4 is 23.2 Å². The highest BCUT2D eigenvalue weighted by molar-refractivity contribution is 7.13. The van der Waals surface area contributed by atoms with Gasteiger partial charge in [-0.15, -0.1) is 11.3 Å². The fourth-order valence-electron chi connectivity index (χ4n) is 2.74. The summed E-state index contributed by atoms with van der Waals surface area (Å²) in [6.07, 6.45) is 0. The van der Waals surface area contributed by atoms with Crippen molar-refractivity contribution in [3.8, 4) is 10.6 Å². The Kier molecular flexibility index (Phi) is 6.44. The summed E-state index contributed by atoms with van der Waals surface area (Å²) in [7, 11) is 0. The number of amides is 2. The van der Waals surface area contributed by atoms with Gasteiger partial charge in [0.05, 0.1) is 18.8 Å². The van der Waals surface area contributed by atoms with Gasteiger partial charge in [-0.3, -0.25) is 9.59 Å². The van der Waals surface area contributed by atoms with E-state index in [-0.39, 0.29) is 23.8 Å². The van der Waals surface area contributed by atoms with Crippen LogP contribution in [0.15, 0.2) is 60.0 Å². The lowest BCUT2D eigenvalue weighted by Gasteiger charge is -2.19. The standard InChI is InChI=1S/C23H25N3O2S/c1-23(2,3)18-11-9-16(10-12-18)21(28)25-14-20(27)24-13-19-15-29-22(26-19)17-7-5-4-6-8-17/h4-12,15H,13-14H2,1-3H3,(H,24,27)(H,25,28). The van der Waals surface area contributed by atoms with Gasteiger partial charge >= 0.3 is 0 Å². The molecule has 6 heteroatoms. The minimum Gasteiger partial charge on any atom is -0.349 e. The van der Waals surface area contributed by atoms with E-state index in [1.54, 1.807) is 23.5 Å². The molecule has 0 aliphatic carbocycles. The summed E-state index contributed by atoms with van der Waals surface area (Å²) < 4.78 is 0. The van der Waals surface area contributed by atoms with Crippen LogP contribution in [0.4, 0.5) is 0 Å². The normalized spacial score (nSPS) is 11.1. The van der Waals surface area contributed by atoms with Gasteiger partial charge < -0.3 is 10.6 Å². The van der Waals surface area contributed by atoms with E-state index in [4.69, 9.17) is 0 Å². The summed E-state index contributed by atoms with van der Waals surface area (Å²) in [5, 5.41) is 8.29. The molecule has 0 saturated heterocycles. The molecule has 5 nitrogen and oxygen atoms in total. The van der Waals surface area contributed by atoms with Crippen molar-refractivity contribution < 1.29 is 9.59 Å². The smallest absolute Gasteiger partial charge is 0.251 e. The Hall–Kier alpha value is -2.99. The van der Waals surface area contributed by atoms with Crippen molar-refractivity contribution in [2.45, 2.75) is 32.7 Å². The highest BCUT2D eigenvalue weighted by atomic mass is 32.1. The van der Waals surface area contributed by atoms with Crippen LogP contribution in [0.5, 0.6) is 0 Å². The average molecular weight is 408 g/mol. The molecule has 0 aliphatic rings. The fraction of sp³-hybridized carbons (Fsp3) is 0.261. The first-order valence-corrected chi connectivity index (χ1v) is 10.4. The van der Waals surface area contributed by atoms with Gasteiger partial charge in [-0.05, 0) is 23.1 Å². The molecule has 0 bridgehead atoms. The van der Waals surface area contributed by atoms with Gasteiger partial charge in [0.1, 0.15) is 5.01 Å². The van der Waals surface area contributed by atoms with Crippen LogP contribution < -0.4 is 10.6 Å². The summed E-state index contributed by atoms with van der Waals surface area (Å²) in [4.78, 5) is 28.8. The number of nitrogens with one attached hydrogen (secondary N) is 2. The highest BCUT2D eigenvalue weighted by Gasteiger charge is 2.14. The third kappa shape index (κ3) is 5.74. The van der Waals surface area contributed by atoms with Crippen LogP contribution in [0.3, 0.4) is 0 Å². The molecular formula is C23H25N3O2S. The minimum atomic E-state index is -0.263. The van der Waals surface area contributed by atoms with E-state index in [2.05, 4.69) is 36.4 Å². The fourth-order valence-corrected chi connectivity index (χ4v) is 3.56. The molecule has 0 spiro atoms. The van der Waals surface area contributed by atoms with Crippen LogP contribution in [0.1, 0.15) is 42.4 Å². The van der Waals surface area contributed by atoms with Gasteiger partial charge in [0.2, 0.25) is 5.91 Å². The maximum atomic E-state index is 12.2. The van der Waals surface area contributed by atoms with Gasteiger partial charge in [-0.1, -0.05) is 63.2 Å². The zero-order valence-corrected chi connectivity index (χ0v) is 17.7. The van der Waals surface area contributed by atoms with Crippen molar-refractivity contribution in [3.63, 3.8) is 0 Å². The van der Waals surface area contributed by atoms with Crippen LogP contribution in [0.25, 0.3) is 10.6 Å². The molecule has 3 aromatic rings. The number of carbonyl (C=O) groups excluding carboxylic acids is 2. The summed E-state index contributed by atoms with van der Waals surface area (Å²) in [5.41, 5.74) is 3.58. The van der Waals surface area contributed by atoms with Gasteiger partial charge in [0.15, 0.2) is 0 Å². The molecule has 1 heterocycles. The molecule has 29 heavy (non-hydrogen) atoms. The van der Waals surface area contributed by atoms with Crippen molar-refractivity contribution in [3.05, 3.63) is 76.8 Å². The van der Waals surface area contributed by atoms with E-state index in [0.717, 1.165) is 21.8 Å². The molecule has 150 valence electrons. The van der Waals surface area contributed by atoms with Gasteiger partial charge in [0, 0.05) is 16.5 Å². The topological polar surface area (TPSA) is 71.1 Å². The van der Waals surface area contributed by atoms with Crippen LogP contribution in [-0.2, 0) is 16.8 Å². The van der Waals surface area contributed by atoms with E-state index in [9.17, 15) is 9.59 Å². The number of nitrogens with zero attached hydrogens (tertiary/aromatic N) is 1. The molecule has 3 rings (SSSR count). The van der Waals surface area contributed by atoms with Gasteiger partial charge in [-0.2, -0.15) is 0 Å². The number of hydrogen-bond donors (Lipinski definition) is 2. The lowest BCUT2D eigenvalue weighted by atomic mass is 9.87. The predicted octanol–water partition coefficient (Wildman–Crippen LogP) is 4.15. The van der Waals surface area contributed by atoms with Gasteiger partial charge in [-0.25, -0.2) is 4.98 Å². The lowest BCUT2D eigenvalue weighted by Crippen LogP contribution is -2.36. The Bertz CT molecular complexity index is 973. The number of thiazole rings is 1. The molecule has 0 atom stereocenters. The second-order valence-corrected chi connectivity index (χ2v) is 8.65. The largest absolute Gasteiger partial charge is 0.349 e. The molecule has 2 N–H and O–H groups in total. The van der Waals surface area contributed by atoms with Crippen molar-refractivity contribution in [1.29, 1.82) is 0 Å². The molecule has 0 unspecified atom stereocenters. The molecule has 2 amide bonds. The highest BCUT2D eigenvalue weighted by Crippen LogP contribution is 2.23. The third-order valence-corrected chi connectivity index (χ3v) is 5.40. The van der Waals surface area contributed by atoms with E-state index in [1.165, 1.54) is 0 Å². The van der Waals surface area contributed by atoms with E-state index >= 15 is 0 Å². The molecule has 0 fully saturated rings. The van der Waals surface area contributed by atoms with Crippen LogP contribution in [0, 0.1) is 0 Å². The first-order chi connectivity index (χ1) is 13.8. The minimum absolute atomic E-state index is 0.0327. The predicted molar refractivity (Wildman–Crippen MR) is 117 cm³/mol. The maximum absolute atomic E-state index is 12.2. The Labute approximate surface area is 175 Å². The van der Waals surface area contributed by atoms with E-state index in [0.29, 0.717) is 12.1 Å². The van der Waals surface area contributed by atoms with Crippen molar-refractivity contribution in [2.75, 3.05) is 6.54 Å². The van der Waals surface area contributed by atoms with Crippen LogP contribution in [0.2, 0.25) is 0 Å². The average Bonchev–Trinajstić information content (AvgIpc) is 3.20. The van der Waals surface area contributed by atoms with Crippen LogP contribution >= 0.6 is 11.3 Å². The van der Waals surface area contributed by atoms with Crippen molar-refractivity contribution in [2.24, 2.45) is 0 Å².